The quantitative estimate of drug-likeness (QED) is 0.936. The molecule has 2 rings (SSSR count). The summed E-state index contributed by atoms with van der Waals surface area (Å²) in [6.45, 7) is 4.89. The standard InChI is InChI=1S/C15H17N3O3/c1-10-6-4-5-7-13(10)16-15(20)9-18(12(3)19)14-8-11(2)21-17-14/h4-8H,9H2,1-3H3,(H,16,20). The fourth-order valence-corrected chi connectivity index (χ4v) is 1.88. The van der Waals surface area contributed by atoms with Crippen molar-refractivity contribution in [3.8, 4) is 0 Å². The molecule has 0 radical (unpaired) electrons. The van der Waals surface area contributed by atoms with Crippen molar-refractivity contribution in [2.75, 3.05) is 16.8 Å². The Morgan fingerprint density at radius 2 is 2.00 bits per heavy atom. The molecular formula is C15H17N3O3. The van der Waals surface area contributed by atoms with E-state index >= 15 is 0 Å². The van der Waals surface area contributed by atoms with Gasteiger partial charge in [0.1, 0.15) is 12.3 Å². The highest BCUT2D eigenvalue weighted by Crippen LogP contribution is 2.16. The number of carbonyl (C=O) groups is 2. The zero-order chi connectivity index (χ0) is 15.4. The summed E-state index contributed by atoms with van der Waals surface area (Å²) in [5.74, 6) is 0.346. The molecule has 0 saturated heterocycles. The van der Waals surface area contributed by atoms with Crippen LogP contribution in [0.15, 0.2) is 34.9 Å². The minimum atomic E-state index is -0.292. The largest absolute Gasteiger partial charge is 0.360 e. The third-order valence-corrected chi connectivity index (χ3v) is 2.99. The summed E-state index contributed by atoms with van der Waals surface area (Å²) in [6, 6.07) is 9.06. The first kappa shape index (κ1) is 14.8. The Labute approximate surface area is 122 Å². The second kappa shape index (κ2) is 6.21. The van der Waals surface area contributed by atoms with E-state index < -0.39 is 0 Å². The summed E-state index contributed by atoms with van der Waals surface area (Å²) < 4.78 is 4.94. The Bertz CT molecular complexity index is 664. The third kappa shape index (κ3) is 3.68. The number of hydrogen-bond acceptors (Lipinski definition) is 4. The lowest BCUT2D eigenvalue weighted by Gasteiger charge is -2.17. The van der Waals surface area contributed by atoms with Gasteiger partial charge < -0.3 is 9.84 Å². The molecule has 0 saturated carbocycles. The van der Waals surface area contributed by atoms with Gasteiger partial charge in [0.15, 0.2) is 5.82 Å². The van der Waals surface area contributed by atoms with Crippen molar-refractivity contribution in [2.45, 2.75) is 20.8 Å². The van der Waals surface area contributed by atoms with Gasteiger partial charge in [0.05, 0.1) is 0 Å². The van der Waals surface area contributed by atoms with Crippen LogP contribution in [0.1, 0.15) is 18.2 Å². The van der Waals surface area contributed by atoms with E-state index in [1.54, 1.807) is 13.0 Å². The van der Waals surface area contributed by atoms with E-state index in [-0.39, 0.29) is 18.4 Å². The van der Waals surface area contributed by atoms with Crippen LogP contribution in [0.25, 0.3) is 0 Å². The molecule has 1 aromatic heterocycles. The van der Waals surface area contributed by atoms with E-state index in [0.717, 1.165) is 11.3 Å². The van der Waals surface area contributed by atoms with Crippen LogP contribution in [-0.2, 0) is 9.59 Å². The van der Waals surface area contributed by atoms with Gasteiger partial charge in [-0.1, -0.05) is 23.4 Å². The summed E-state index contributed by atoms with van der Waals surface area (Å²) >= 11 is 0. The van der Waals surface area contributed by atoms with Crippen LogP contribution in [0.5, 0.6) is 0 Å². The summed E-state index contributed by atoms with van der Waals surface area (Å²) in [6.07, 6.45) is 0. The molecule has 6 heteroatoms. The lowest BCUT2D eigenvalue weighted by molar-refractivity contribution is -0.120. The van der Waals surface area contributed by atoms with Crippen LogP contribution in [0.2, 0.25) is 0 Å². The molecule has 1 N–H and O–H groups in total. The number of anilines is 2. The lowest BCUT2D eigenvalue weighted by Crippen LogP contribution is -2.37. The number of nitrogens with one attached hydrogen (secondary N) is 1. The summed E-state index contributed by atoms with van der Waals surface area (Å²) in [7, 11) is 0. The lowest BCUT2D eigenvalue weighted by atomic mass is 10.2. The number of rotatable bonds is 4. The monoisotopic (exact) mass is 287 g/mol. The molecule has 2 aromatic rings. The third-order valence-electron chi connectivity index (χ3n) is 2.99. The maximum Gasteiger partial charge on any atom is 0.244 e. The maximum atomic E-state index is 12.1. The Hall–Kier alpha value is -2.63. The predicted octanol–water partition coefficient (Wildman–Crippen LogP) is 2.28. The van der Waals surface area contributed by atoms with Gasteiger partial charge in [-0.15, -0.1) is 0 Å². The average Bonchev–Trinajstić information content (AvgIpc) is 2.85. The second-order valence-corrected chi connectivity index (χ2v) is 4.76. The zero-order valence-electron chi connectivity index (χ0n) is 12.2. The topological polar surface area (TPSA) is 75.4 Å². The Morgan fingerprint density at radius 1 is 1.29 bits per heavy atom. The van der Waals surface area contributed by atoms with Crippen LogP contribution in [0.3, 0.4) is 0 Å². The Balaban J connectivity index is 2.09. The van der Waals surface area contributed by atoms with Gasteiger partial charge in [-0.2, -0.15) is 0 Å². The first-order valence-corrected chi connectivity index (χ1v) is 6.54. The Kier molecular flexibility index (Phi) is 4.37. The molecule has 0 aliphatic rings. The van der Waals surface area contributed by atoms with Gasteiger partial charge in [0.2, 0.25) is 11.8 Å². The minimum absolute atomic E-state index is 0.115. The first-order chi connectivity index (χ1) is 9.97. The SMILES string of the molecule is CC(=O)N(CC(=O)Nc1ccccc1C)c1cc(C)on1. The number of amides is 2. The summed E-state index contributed by atoms with van der Waals surface area (Å²) in [5, 5.41) is 6.55. The fourth-order valence-electron chi connectivity index (χ4n) is 1.88. The van der Waals surface area contributed by atoms with Crippen LogP contribution < -0.4 is 10.2 Å². The molecule has 0 fully saturated rings. The summed E-state index contributed by atoms with van der Waals surface area (Å²) in [5.41, 5.74) is 1.68. The highest BCUT2D eigenvalue weighted by atomic mass is 16.5. The van der Waals surface area contributed by atoms with Gasteiger partial charge >= 0.3 is 0 Å². The van der Waals surface area contributed by atoms with Crippen LogP contribution in [0, 0.1) is 13.8 Å². The number of aryl methyl sites for hydroxylation is 2. The molecule has 2 amide bonds. The highest BCUT2D eigenvalue weighted by molar-refractivity contribution is 6.01. The van der Waals surface area contributed by atoms with Gasteiger partial charge in [0, 0.05) is 18.7 Å². The molecule has 0 atom stereocenters. The van der Waals surface area contributed by atoms with E-state index in [2.05, 4.69) is 10.5 Å². The van der Waals surface area contributed by atoms with Crippen molar-refractivity contribution < 1.29 is 14.1 Å². The van der Waals surface area contributed by atoms with E-state index in [9.17, 15) is 9.59 Å². The van der Waals surface area contributed by atoms with Crippen molar-refractivity contribution in [1.29, 1.82) is 0 Å². The van der Waals surface area contributed by atoms with E-state index in [1.165, 1.54) is 11.8 Å². The maximum absolute atomic E-state index is 12.1. The molecule has 1 heterocycles. The van der Waals surface area contributed by atoms with Crippen molar-refractivity contribution >= 4 is 23.3 Å². The molecule has 0 bridgehead atoms. The number of nitrogens with zero attached hydrogens (tertiary/aromatic N) is 2. The minimum Gasteiger partial charge on any atom is -0.360 e. The normalized spacial score (nSPS) is 10.2. The molecule has 0 unspecified atom stereocenters. The highest BCUT2D eigenvalue weighted by Gasteiger charge is 2.19. The van der Waals surface area contributed by atoms with Gasteiger partial charge in [-0.05, 0) is 25.5 Å². The molecule has 110 valence electrons. The molecule has 0 aliphatic carbocycles. The molecular weight excluding hydrogens is 270 g/mol. The summed E-state index contributed by atoms with van der Waals surface area (Å²) in [4.78, 5) is 25.0. The molecule has 6 nitrogen and oxygen atoms in total. The van der Waals surface area contributed by atoms with Crippen LogP contribution in [-0.4, -0.2) is 23.5 Å². The van der Waals surface area contributed by atoms with Crippen LogP contribution >= 0.6 is 0 Å². The fraction of sp³-hybridized carbons (Fsp3) is 0.267. The van der Waals surface area contributed by atoms with E-state index in [4.69, 9.17) is 4.52 Å². The molecule has 0 aliphatic heterocycles. The van der Waals surface area contributed by atoms with E-state index in [0.29, 0.717) is 11.6 Å². The predicted molar refractivity (Wildman–Crippen MR) is 79.1 cm³/mol. The van der Waals surface area contributed by atoms with Crippen molar-refractivity contribution in [1.82, 2.24) is 5.16 Å². The number of para-hydroxylation sites is 1. The van der Waals surface area contributed by atoms with Gasteiger partial charge in [-0.25, -0.2) is 0 Å². The number of hydrogen-bond donors (Lipinski definition) is 1. The zero-order valence-corrected chi connectivity index (χ0v) is 12.2. The number of carbonyl (C=O) groups excluding carboxylic acids is 2. The molecule has 0 spiro atoms. The second-order valence-electron chi connectivity index (χ2n) is 4.76. The van der Waals surface area contributed by atoms with Crippen LogP contribution in [0.4, 0.5) is 11.5 Å². The van der Waals surface area contributed by atoms with Crippen molar-refractivity contribution in [3.05, 3.63) is 41.7 Å². The molecule has 1 aromatic carbocycles. The first-order valence-electron chi connectivity index (χ1n) is 6.54. The Morgan fingerprint density at radius 3 is 2.57 bits per heavy atom. The number of aromatic nitrogens is 1. The van der Waals surface area contributed by atoms with Crippen molar-refractivity contribution in [3.63, 3.8) is 0 Å². The van der Waals surface area contributed by atoms with Gasteiger partial charge in [-0.3, -0.25) is 14.5 Å². The smallest absolute Gasteiger partial charge is 0.244 e. The molecule has 21 heavy (non-hydrogen) atoms. The number of benzene rings is 1. The average molecular weight is 287 g/mol. The van der Waals surface area contributed by atoms with Crippen molar-refractivity contribution in [2.24, 2.45) is 0 Å². The van der Waals surface area contributed by atoms with Gasteiger partial charge in [0.25, 0.3) is 0 Å². The van der Waals surface area contributed by atoms with E-state index in [1.807, 2.05) is 31.2 Å².